The van der Waals surface area contributed by atoms with Gasteiger partial charge in [-0.3, -0.25) is 4.79 Å². The number of imidazole rings is 1. The van der Waals surface area contributed by atoms with Gasteiger partial charge in [0, 0.05) is 31.4 Å². The minimum Gasteiger partial charge on any atom is -0.448 e. The summed E-state index contributed by atoms with van der Waals surface area (Å²) in [5, 5.41) is 2.87. The summed E-state index contributed by atoms with van der Waals surface area (Å²) >= 11 is 0. The van der Waals surface area contributed by atoms with Gasteiger partial charge in [0.25, 0.3) is 5.91 Å². The highest BCUT2D eigenvalue weighted by atomic mass is 16.5. The van der Waals surface area contributed by atoms with E-state index in [0.29, 0.717) is 18.5 Å². The number of fused-ring (bicyclic) bond motifs is 1. The van der Waals surface area contributed by atoms with E-state index in [1.807, 2.05) is 29.8 Å². The lowest BCUT2D eigenvalue weighted by Crippen LogP contribution is -2.46. The molecule has 1 aliphatic rings. The minimum atomic E-state index is -0.771. The van der Waals surface area contributed by atoms with Gasteiger partial charge in [0.15, 0.2) is 6.10 Å². The van der Waals surface area contributed by atoms with Crippen LogP contribution in [0.4, 0.5) is 0 Å². The van der Waals surface area contributed by atoms with Gasteiger partial charge < -0.3 is 14.6 Å². The number of esters is 1. The van der Waals surface area contributed by atoms with Gasteiger partial charge in [-0.1, -0.05) is 18.2 Å². The van der Waals surface area contributed by atoms with Crippen molar-refractivity contribution in [1.29, 1.82) is 0 Å². The number of rotatable bonds is 4. The fourth-order valence-corrected chi connectivity index (χ4v) is 2.57. The van der Waals surface area contributed by atoms with Crippen LogP contribution in [-0.4, -0.2) is 33.6 Å². The molecule has 0 radical (unpaired) electrons. The molecule has 6 heteroatoms. The van der Waals surface area contributed by atoms with Crippen LogP contribution in [0.2, 0.25) is 0 Å². The Bertz CT molecular complexity index is 682. The number of ether oxygens (including phenoxy) is 1. The Morgan fingerprint density at radius 2 is 2.32 bits per heavy atom. The van der Waals surface area contributed by atoms with Crippen molar-refractivity contribution in [3.63, 3.8) is 0 Å². The zero-order valence-corrected chi connectivity index (χ0v) is 12.2. The Morgan fingerprint density at radius 1 is 1.50 bits per heavy atom. The summed E-state index contributed by atoms with van der Waals surface area (Å²) in [6.45, 7) is 2.51. The number of hydrogen-bond donors (Lipinski definition) is 1. The fraction of sp³-hybridized carbons (Fsp3) is 0.312. The summed E-state index contributed by atoms with van der Waals surface area (Å²) in [5.41, 5.74) is 1.39. The van der Waals surface area contributed by atoms with Gasteiger partial charge in [0.2, 0.25) is 0 Å². The molecule has 0 aliphatic carbocycles. The van der Waals surface area contributed by atoms with Crippen molar-refractivity contribution in [2.45, 2.75) is 32.0 Å². The highest BCUT2D eigenvalue weighted by Gasteiger charge is 2.31. The second kappa shape index (κ2) is 6.01. The minimum absolute atomic E-state index is 0.0856. The smallest absolute Gasteiger partial charge is 0.339 e. The highest BCUT2D eigenvalue weighted by molar-refractivity contribution is 5.95. The van der Waals surface area contributed by atoms with Gasteiger partial charge in [-0.2, -0.15) is 0 Å². The lowest BCUT2D eigenvalue weighted by Gasteiger charge is -2.25. The van der Waals surface area contributed by atoms with Crippen molar-refractivity contribution in [1.82, 2.24) is 14.9 Å². The van der Waals surface area contributed by atoms with Gasteiger partial charge in [-0.25, -0.2) is 9.78 Å². The van der Waals surface area contributed by atoms with E-state index in [1.165, 1.54) is 0 Å². The number of hydrogen-bond acceptors (Lipinski definition) is 4. The van der Waals surface area contributed by atoms with Gasteiger partial charge in [-0.05, 0) is 18.6 Å². The highest BCUT2D eigenvalue weighted by Crippen LogP contribution is 2.20. The molecule has 6 nitrogen and oxygen atoms in total. The molecule has 114 valence electrons. The number of carbonyl (C=O) groups is 2. The molecule has 0 bridgehead atoms. The van der Waals surface area contributed by atoms with Crippen LogP contribution < -0.4 is 5.32 Å². The second-order valence-electron chi connectivity index (χ2n) is 5.42. The molecule has 1 aliphatic heterocycles. The SMILES string of the molecule is C[C@@H](Cn1ccnc1)NC(=O)[C@@H]1Cc2ccccc2C(=O)O1. The van der Waals surface area contributed by atoms with Gasteiger partial charge >= 0.3 is 5.97 Å². The molecule has 1 aromatic carbocycles. The van der Waals surface area contributed by atoms with Crippen molar-refractivity contribution < 1.29 is 14.3 Å². The third kappa shape index (κ3) is 3.00. The van der Waals surface area contributed by atoms with E-state index >= 15 is 0 Å². The standard InChI is InChI=1S/C16H17N3O3/c1-11(9-19-7-6-17-10-19)18-15(20)14-8-12-4-2-3-5-13(12)16(21)22-14/h2-7,10-11,14H,8-9H2,1H3,(H,18,20)/t11-,14-/m0/s1. The van der Waals surface area contributed by atoms with E-state index in [0.717, 1.165) is 5.56 Å². The molecule has 3 rings (SSSR count). The summed E-state index contributed by atoms with van der Waals surface area (Å²) in [6.07, 6.45) is 4.85. The number of amides is 1. The van der Waals surface area contributed by atoms with Crippen LogP contribution in [-0.2, 0) is 22.5 Å². The predicted octanol–water partition coefficient (Wildman–Crippen LogP) is 1.17. The number of cyclic esters (lactones) is 1. The van der Waals surface area contributed by atoms with E-state index in [2.05, 4.69) is 10.3 Å². The lowest BCUT2D eigenvalue weighted by molar-refractivity contribution is -0.131. The van der Waals surface area contributed by atoms with Gasteiger partial charge in [0.05, 0.1) is 11.9 Å². The molecule has 1 aromatic heterocycles. The number of nitrogens with zero attached hydrogens (tertiary/aromatic N) is 2. The maximum atomic E-state index is 12.3. The number of aromatic nitrogens is 2. The molecular formula is C16H17N3O3. The van der Waals surface area contributed by atoms with E-state index in [4.69, 9.17) is 4.74 Å². The Morgan fingerprint density at radius 3 is 3.09 bits per heavy atom. The molecule has 0 saturated carbocycles. The fourth-order valence-electron chi connectivity index (χ4n) is 2.57. The van der Waals surface area contributed by atoms with E-state index in [-0.39, 0.29) is 11.9 Å². The third-order valence-corrected chi connectivity index (χ3v) is 3.62. The molecule has 1 N–H and O–H groups in total. The Balaban J connectivity index is 1.62. The molecular weight excluding hydrogens is 282 g/mol. The number of carbonyl (C=O) groups excluding carboxylic acids is 2. The first-order valence-corrected chi connectivity index (χ1v) is 7.18. The molecule has 2 atom stereocenters. The first-order valence-electron chi connectivity index (χ1n) is 7.18. The zero-order chi connectivity index (χ0) is 15.5. The van der Waals surface area contributed by atoms with Crippen molar-refractivity contribution in [3.8, 4) is 0 Å². The summed E-state index contributed by atoms with van der Waals surface area (Å²) < 4.78 is 7.12. The Labute approximate surface area is 128 Å². The summed E-state index contributed by atoms with van der Waals surface area (Å²) in [4.78, 5) is 28.2. The summed E-state index contributed by atoms with van der Waals surface area (Å²) in [7, 11) is 0. The van der Waals surface area contributed by atoms with Crippen molar-refractivity contribution in [2.24, 2.45) is 0 Å². The molecule has 0 fully saturated rings. The van der Waals surface area contributed by atoms with E-state index in [1.54, 1.807) is 24.7 Å². The van der Waals surface area contributed by atoms with Crippen LogP contribution in [0.5, 0.6) is 0 Å². The van der Waals surface area contributed by atoms with Crippen LogP contribution in [0, 0.1) is 0 Å². The van der Waals surface area contributed by atoms with Crippen LogP contribution in [0.15, 0.2) is 43.0 Å². The van der Waals surface area contributed by atoms with Crippen LogP contribution in [0.25, 0.3) is 0 Å². The van der Waals surface area contributed by atoms with E-state index < -0.39 is 12.1 Å². The number of nitrogens with one attached hydrogen (secondary N) is 1. The molecule has 1 amide bonds. The van der Waals surface area contributed by atoms with Crippen molar-refractivity contribution in [2.75, 3.05) is 0 Å². The maximum Gasteiger partial charge on any atom is 0.339 e. The molecule has 2 heterocycles. The topological polar surface area (TPSA) is 73.2 Å². The van der Waals surface area contributed by atoms with Gasteiger partial charge in [-0.15, -0.1) is 0 Å². The lowest BCUT2D eigenvalue weighted by atomic mass is 9.98. The Hall–Kier alpha value is -2.63. The molecule has 0 saturated heterocycles. The monoisotopic (exact) mass is 299 g/mol. The molecule has 22 heavy (non-hydrogen) atoms. The molecule has 2 aromatic rings. The third-order valence-electron chi connectivity index (χ3n) is 3.62. The first kappa shape index (κ1) is 14.3. The summed E-state index contributed by atoms with van der Waals surface area (Å²) in [6, 6.07) is 7.12. The second-order valence-corrected chi connectivity index (χ2v) is 5.42. The van der Waals surface area contributed by atoms with Crippen molar-refractivity contribution >= 4 is 11.9 Å². The molecule has 0 spiro atoms. The predicted molar refractivity (Wildman–Crippen MR) is 79.2 cm³/mol. The average molecular weight is 299 g/mol. The maximum absolute atomic E-state index is 12.3. The largest absolute Gasteiger partial charge is 0.448 e. The number of benzene rings is 1. The van der Waals surface area contributed by atoms with Gasteiger partial charge in [0.1, 0.15) is 0 Å². The molecule has 0 unspecified atom stereocenters. The first-order chi connectivity index (χ1) is 10.6. The van der Waals surface area contributed by atoms with E-state index in [9.17, 15) is 9.59 Å². The van der Waals surface area contributed by atoms with Crippen LogP contribution in [0.3, 0.4) is 0 Å². The van der Waals surface area contributed by atoms with Crippen LogP contribution >= 0.6 is 0 Å². The zero-order valence-electron chi connectivity index (χ0n) is 12.2. The summed E-state index contributed by atoms with van der Waals surface area (Å²) in [5.74, 6) is -0.709. The average Bonchev–Trinajstić information content (AvgIpc) is 3.00. The quantitative estimate of drug-likeness (QED) is 0.860. The van der Waals surface area contributed by atoms with Crippen LogP contribution in [0.1, 0.15) is 22.8 Å². The normalized spacial score (nSPS) is 18.2. The van der Waals surface area contributed by atoms with Crippen molar-refractivity contribution in [3.05, 3.63) is 54.1 Å². The Kier molecular flexibility index (Phi) is 3.91.